The molecule has 0 radical (unpaired) electrons. The van der Waals surface area contributed by atoms with Crippen molar-refractivity contribution in [3.8, 4) is 0 Å². The Morgan fingerprint density at radius 2 is 1.90 bits per heavy atom. The number of carbonyl (C=O) groups excluding carboxylic acids is 1. The second kappa shape index (κ2) is 8.15. The maximum atomic E-state index is 12.0. The Labute approximate surface area is 126 Å². The van der Waals surface area contributed by atoms with Crippen LogP contribution in [0.15, 0.2) is 24.3 Å². The highest BCUT2D eigenvalue weighted by molar-refractivity contribution is 5.92. The van der Waals surface area contributed by atoms with Gasteiger partial charge in [-0.1, -0.05) is 37.0 Å². The highest BCUT2D eigenvalue weighted by Crippen LogP contribution is 2.23. The van der Waals surface area contributed by atoms with Gasteiger partial charge in [0.25, 0.3) is 0 Å². The lowest BCUT2D eigenvalue weighted by atomic mass is 9.96. The summed E-state index contributed by atoms with van der Waals surface area (Å²) in [4.78, 5) is 12.0. The van der Waals surface area contributed by atoms with Crippen molar-refractivity contribution in [2.75, 3.05) is 18.5 Å². The minimum atomic E-state index is -0.0280. The first-order chi connectivity index (χ1) is 10.2. The Hall–Kier alpha value is -1.39. The van der Waals surface area contributed by atoms with Gasteiger partial charge in [-0.25, -0.2) is 0 Å². The molecule has 0 saturated heterocycles. The second-order valence-corrected chi connectivity index (χ2v) is 5.98. The summed E-state index contributed by atoms with van der Waals surface area (Å²) in [6.45, 7) is 2.53. The molecule has 1 fully saturated rings. The van der Waals surface area contributed by atoms with Gasteiger partial charge in [0, 0.05) is 18.3 Å². The summed E-state index contributed by atoms with van der Waals surface area (Å²) >= 11 is 0. The van der Waals surface area contributed by atoms with Gasteiger partial charge in [-0.15, -0.1) is 0 Å². The fraction of sp³-hybridized carbons (Fsp3) is 0.588. The molecule has 3 N–H and O–H groups in total. The fourth-order valence-electron chi connectivity index (χ4n) is 2.94. The highest BCUT2D eigenvalue weighted by atomic mass is 16.3. The van der Waals surface area contributed by atoms with Gasteiger partial charge in [0.2, 0.25) is 5.91 Å². The number of nitrogens with one attached hydrogen (secondary N) is 2. The molecule has 0 aliphatic heterocycles. The molecule has 116 valence electrons. The molecule has 0 spiro atoms. The van der Waals surface area contributed by atoms with Gasteiger partial charge >= 0.3 is 0 Å². The Kier molecular flexibility index (Phi) is 6.21. The van der Waals surface area contributed by atoms with Crippen molar-refractivity contribution in [2.45, 2.75) is 45.1 Å². The van der Waals surface area contributed by atoms with E-state index in [0.29, 0.717) is 6.54 Å². The van der Waals surface area contributed by atoms with Crippen LogP contribution in [-0.4, -0.2) is 30.2 Å². The van der Waals surface area contributed by atoms with E-state index in [9.17, 15) is 9.90 Å². The van der Waals surface area contributed by atoms with Gasteiger partial charge in [-0.05, 0) is 37.8 Å². The third-order valence-corrected chi connectivity index (χ3v) is 4.25. The van der Waals surface area contributed by atoms with Crippen molar-refractivity contribution < 1.29 is 9.90 Å². The number of hydrogen-bond donors (Lipinski definition) is 3. The third kappa shape index (κ3) is 5.14. The monoisotopic (exact) mass is 290 g/mol. The number of aliphatic hydroxyl groups excluding tert-OH is 1. The van der Waals surface area contributed by atoms with E-state index in [4.69, 9.17) is 0 Å². The average Bonchev–Trinajstić information content (AvgIpc) is 2.72. The van der Waals surface area contributed by atoms with E-state index in [-0.39, 0.29) is 24.5 Å². The molecular weight excluding hydrogens is 264 g/mol. The normalized spacial score (nSPS) is 22.6. The molecule has 1 aromatic rings. The summed E-state index contributed by atoms with van der Waals surface area (Å²) in [5.41, 5.74) is 2.00. The maximum Gasteiger partial charge on any atom is 0.238 e. The van der Waals surface area contributed by atoms with Gasteiger partial charge < -0.3 is 15.7 Å². The molecule has 2 rings (SSSR count). The first-order valence-electron chi connectivity index (χ1n) is 7.90. The number of benzene rings is 1. The summed E-state index contributed by atoms with van der Waals surface area (Å²) in [5, 5.41) is 15.7. The van der Waals surface area contributed by atoms with Crippen LogP contribution in [-0.2, 0) is 4.79 Å². The molecular formula is C17H26N2O2. The van der Waals surface area contributed by atoms with Crippen LogP contribution in [0.25, 0.3) is 0 Å². The van der Waals surface area contributed by atoms with Crippen LogP contribution in [0.4, 0.5) is 5.69 Å². The number of anilines is 1. The maximum absolute atomic E-state index is 12.0. The van der Waals surface area contributed by atoms with Crippen LogP contribution < -0.4 is 10.6 Å². The van der Waals surface area contributed by atoms with E-state index in [1.165, 1.54) is 24.8 Å². The molecule has 1 aliphatic carbocycles. The zero-order chi connectivity index (χ0) is 15.1. The van der Waals surface area contributed by atoms with Gasteiger partial charge in [0.15, 0.2) is 0 Å². The van der Waals surface area contributed by atoms with Crippen LogP contribution >= 0.6 is 0 Å². The van der Waals surface area contributed by atoms with E-state index in [1.807, 2.05) is 31.2 Å². The molecule has 4 heteroatoms. The quantitative estimate of drug-likeness (QED) is 0.730. The molecule has 0 aromatic heterocycles. The minimum Gasteiger partial charge on any atom is -0.396 e. The lowest BCUT2D eigenvalue weighted by Gasteiger charge is -2.24. The number of aryl methyl sites for hydroxylation is 1. The van der Waals surface area contributed by atoms with Gasteiger partial charge in [0.05, 0.1) is 6.54 Å². The van der Waals surface area contributed by atoms with Gasteiger partial charge in [0.1, 0.15) is 0 Å². The first kappa shape index (κ1) is 16.0. The van der Waals surface area contributed by atoms with Gasteiger partial charge in [-0.2, -0.15) is 0 Å². The largest absolute Gasteiger partial charge is 0.396 e. The second-order valence-electron chi connectivity index (χ2n) is 5.98. The molecule has 21 heavy (non-hydrogen) atoms. The van der Waals surface area contributed by atoms with Crippen LogP contribution in [0.5, 0.6) is 0 Å². The minimum absolute atomic E-state index is 0.0280. The summed E-state index contributed by atoms with van der Waals surface area (Å²) in [6, 6.07) is 8.04. The predicted molar refractivity (Wildman–Crippen MR) is 85.3 cm³/mol. The summed E-state index contributed by atoms with van der Waals surface area (Å²) in [5.74, 6) is 0.250. The summed E-state index contributed by atoms with van der Waals surface area (Å²) in [6.07, 6.45) is 5.67. The Balaban J connectivity index is 1.80. The van der Waals surface area contributed by atoms with Crippen molar-refractivity contribution in [1.82, 2.24) is 5.32 Å². The number of hydrogen-bond acceptors (Lipinski definition) is 3. The van der Waals surface area contributed by atoms with Crippen molar-refractivity contribution in [3.63, 3.8) is 0 Å². The molecule has 1 amide bonds. The standard InChI is InChI=1S/C17H26N2O2/c1-13-7-9-15(10-8-13)19-17(21)11-18-16-6-4-2-3-5-14(16)12-20/h7-10,14,16,18,20H,2-6,11-12H2,1H3,(H,19,21). The lowest BCUT2D eigenvalue weighted by molar-refractivity contribution is -0.115. The zero-order valence-corrected chi connectivity index (χ0v) is 12.8. The number of aliphatic hydroxyl groups is 1. The van der Waals surface area contributed by atoms with Crippen LogP contribution in [0.1, 0.15) is 37.7 Å². The van der Waals surface area contributed by atoms with E-state index in [1.54, 1.807) is 0 Å². The summed E-state index contributed by atoms with van der Waals surface area (Å²) in [7, 11) is 0. The molecule has 0 heterocycles. The molecule has 1 aliphatic rings. The van der Waals surface area contributed by atoms with Crippen LogP contribution in [0.2, 0.25) is 0 Å². The zero-order valence-electron chi connectivity index (χ0n) is 12.8. The predicted octanol–water partition coefficient (Wildman–Crippen LogP) is 2.46. The van der Waals surface area contributed by atoms with Crippen molar-refractivity contribution >= 4 is 11.6 Å². The van der Waals surface area contributed by atoms with Crippen molar-refractivity contribution in [2.24, 2.45) is 5.92 Å². The van der Waals surface area contributed by atoms with E-state index < -0.39 is 0 Å². The van der Waals surface area contributed by atoms with Crippen LogP contribution in [0.3, 0.4) is 0 Å². The van der Waals surface area contributed by atoms with E-state index in [2.05, 4.69) is 10.6 Å². The van der Waals surface area contributed by atoms with Gasteiger partial charge in [-0.3, -0.25) is 4.79 Å². The Morgan fingerprint density at radius 1 is 1.19 bits per heavy atom. The first-order valence-corrected chi connectivity index (χ1v) is 7.90. The van der Waals surface area contributed by atoms with E-state index >= 15 is 0 Å². The molecule has 2 atom stereocenters. The van der Waals surface area contributed by atoms with Crippen molar-refractivity contribution in [1.29, 1.82) is 0 Å². The molecule has 4 nitrogen and oxygen atoms in total. The fourth-order valence-corrected chi connectivity index (χ4v) is 2.94. The van der Waals surface area contributed by atoms with Crippen LogP contribution in [0, 0.1) is 12.8 Å². The average molecular weight is 290 g/mol. The third-order valence-electron chi connectivity index (χ3n) is 4.25. The molecule has 0 bridgehead atoms. The van der Waals surface area contributed by atoms with Crippen molar-refractivity contribution in [3.05, 3.63) is 29.8 Å². The Bertz CT molecular complexity index is 445. The molecule has 2 unspecified atom stereocenters. The lowest BCUT2D eigenvalue weighted by Crippen LogP contribution is -2.41. The van der Waals surface area contributed by atoms with E-state index in [0.717, 1.165) is 18.5 Å². The summed E-state index contributed by atoms with van der Waals surface area (Å²) < 4.78 is 0. The topological polar surface area (TPSA) is 61.4 Å². The highest BCUT2D eigenvalue weighted by Gasteiger charge is 2.23. The number of carbonyl (C=O) groups is 1. The molecule has 1 saturated carbocycles. The Morgan fingerprint density at radius 3 is 2.62 bits per heavy atom. The number of rotatable bonds is 5. The number of amides is 1. The molecule has 1 aromatic carbocycles. The smallest absolute Gasteiger partial charge is 0.238 e. The SMILES string of the molecule is Cc1ccc(NC(=O)CNC2CCCCCC2CO)cc1.